The summed E-state index contributed by atoms with van der Waals surface area (Å²) < 4.78 is 0. The van der Waals surface area contributed by atoms with Gasteiger partial charge < -0.3 is 0 Å². The molecule has 1 heteroatoms. The Morgan fingerprint density at radius 1 is 1.00 bits per heavy atom. The van der Waals surface area contributed by atoms with Crippen molar-refractivity contribution in [1.82, 2.24) is 0 Å². The first-order valence-electron chi connectivity index (χ1n) is 8.88. The van der Waals surface area contributed by atoms with Crippen molar-refractivity contribution < 1.29 is 0 Å². The monoisotopic (exact) mass is 317 g/mol. The number of aliphatic imine (C=N–C) groups is 1. The van der Waals surface area contributed by atoms with Gasteiger partial charge in [-0.05, 0) is 40.0 Å². The minimum Gasteiger partial charge on any atom is -0.285 e. The predicted octanol–water partition coefficient (Wildman–Crippen LogP) is 4.17. The molecule has 0 aliphatic heterocycles. The van der Waals surface area contributed by atoms with Gasteiger partial charge in [0.1, 0.15) is 0 Å². The maximum absolute atomic E-state index is 4.80. The molecule has 1 aliphatic rings. The maximum atomic E-state index is 4.80. The van der Waals surface area contributed by atoms with Crippen LogP contribution < -0.4 is 10.4 Å². The van der Waals surface area contributed by atoms with E-state index in [2.05, 4.69) is 89.2 Å². The van der Waals surface area contributed by atoms with Crippen molar-refractivity contribution in [3.05, 3.63) is 69.6 Å². The molecule has 2 aromatic carbocycles. The molecule has 0 saturated carbocycles. The normalized spacial score (nSPS) is 21.5. The first-order chi connectivity index (χ1) is 11.4. The molecule has 124 valence electrons. The Morgan fingerprint density at radius 2 is 1.71 bits per heavy atom. The number of benzene rings is 2. The lowest BCUT2D eigenvalue weighted by Gasteiger charge is -2.23. The van der Waals surface area contributed by atoms with Crippen LogP contribution in [0.15, 0.2) is 47.5 Å². The van der Waals surface area contributed by atoms with Crippen LogP contribution in [0.4, 0.5) is 0 Å². The van der Waals surface area contributed by atoms with Gasteiger partial charge in [-0.2, -0.15) is 0 Å². The third-order valence-electron chi connectivity index (χ3n) is 4.73. The highest BCUT2D eigenvalue weighted by Crippen LogP contribution is 2.30. The Morgan fingerprint density at radius 3 is 2.38 bits per heavy atom. The lowest BCUT2D eigenvalue weighted by atomic mass is 9.81. The van der Waals surface area contributed by atoms with Gasteiger partial charge in [-0.15, -0.1) is 0 Å². The second-order valence-corrected chi connectivity index (χ2v) is 7.64. The molecular formula is C23H27N. The van der Waals surface area contributed by atoms with Crippen LogP contribution in [0.5, 0.6) is 0 Å². The standard InChI is InChI=1S/C23H27N/c1-6-24-22-14-18-10-8-7-9-17(18)13-16(2)21-15-19(23(3,4)5)11-12-20(21)22/h7-16H,6H2,1-5H3/b17-13-,18-14-,24-22?. The molecule has 0 bridgehead atoms. The van der Waals surface area contributed by atoms with Gasteiger partial charge in [-0.1, -0.05) is 76.2 Å². The highest BCUT2D eigenvalue weighted by molar-refractivity contribution is 6.21. The summed E-state index contributed by atoms with van der Waals surface area (Å²) in [4.78, 5) is 4.80. The second-order valence-electron chi connectivity index (χ2n) is 7.64. The molecular weight excluding hydrogens is 290 g/mol. The first-order valence-corrected chi connectivity index (χ1v) is 8.88. The predicted molar refractivity (Wildman–Crippen MR) is 105 cm³/mol. The van der Waals surface area contributed by atoms with Crippen LogP contribution in [0.3, 0.4) is 0 Å². The molecule has 1 atom stereocenters. The topological polar surface area (TPSA) is 12.4 Å². The van der Waals surface area contributed by atoms with Crippen LogP contribution in [0.1, 0.15) is 57.2 Å². The van der Waals surface area contributed by atoms with Gasteiger partial charge in [-0.3, -0.25) is 4.99 Å². The quantitative estimate of drug-likeness (QED) is 0.748. The van der Waals surface area contributed by atoms with Crippen molar-refractivity contribution in [2.75, 3.05) is 6.54 Å². The number of hydrogen-bond acceptors (Lipinski definition) is 1. The van der Waals surface area contributed by atoms with E-state index in [0.29, 0.717) is 5.92 Å². The maximum Gasteiger partial charge on any atom is 0.0655 e. The zero-order chi connectivity index (χ0) is 17.3. The fourth-order valence-corrected chi connectivity index (χ4v) is 3.32. The molecule has 0 amide bonds. The van der Waals surface area contributed by atoms with Crippen molar-refractivity contribution in [1.29, 1.82) is 0 Å². The Bertz CT molecular complexity index is 894. The van der Waals surface area contributed by atoms with Crippen LogP contribution in [0, 0.1) is 0 Å². The molecule has 0 fully saturated rings. The van der Waals surface area contributed by atoms with Gasteiger partial charge in [0, 0.05) is 18.0 Å². The fourth-order valence-electron chi connectivity index (χ4n) is 3.32. The van der Waals surface area contributed by atoms with Crippen molar-refractivity contribution in [3.63, 3.8) is 0 Å². The van der Waals surface area contributed by atoms with Crippen molar-refractivity contribution in [2.45, 2.75) is 46.0 Å². The zero-order valence-electron chi connectivity index (χ0n) is 15.4. The van der Waals surface area contributed by atoms with E-state index in [1.54, 1.807) is 0 Å². The number of hydrogen-bond donors (Lipinski definition) is 0. The highest BCUT2D eigenvalue weighted by Gasteiger charge is 2.19. The summed E-state index contributed by atoms with van der Waals surface area (Å²) in [5.74, 6) is 0.360. The van der Waals surface area contributed by atoms with Crippen LogP contribution in [-0.4, -0.2) is 12.3 Å². The van der Waals surface area contributed by atoms with Gasteiger partial charge in [0.15, 0.2) is 0 Å². The lowest BCUT2D eigenvalue weighted by Crippen LogP contribution is -2.28. The van der Waals surface area contributed by atoms with Crippen LogP contribution in [0.25, 0.3) is 12.2 Å². The molecule has 2 aromatic rings. The van der Waals surface area contributed by atoms with E-state index >= 15 is 0 Å². The first kappa shape index (κ1) is 16.7. The van der Waals surface area contributed by atoms with E-state index < -0.39 is 0 Å². The molecule has 3 rings (SSSR count). The average Bonchev–Trinajstić information content (AvgIpc) is 2.53. The van der Waals surface area contributed by atoms with Gasteiger partial charge in [-0.25, -0.2) is 0 Å². The van der Waals surface area contributed by atoms with Crippen molar-refractivity contribution >= 4 is 17.9 Å². The Kier molecular flexibility index (Phi) is 4.45. The highest BCUT2D eigenvalue weighted by atomic mass is 14.7. The molecule has 0 N–H and O–H groups in total. The van der Waals surface area contributed by atoms with E-state index in [1.807, 2.05) is 0 Å². The van der Waals surface area contributed by atoms with E-state index in [1.165, 1.54) is 27.1 Å². The van der Waals surface area contributed by atoms with E-state index in [0.717, 1.165) is 12.3 Å². The third-order valence-corrected chi connectivity index (χ3v) is 4.73. The Balaban J connectivity index is 2.32. The summed E-state index contributed by atoms with van der Waals surface area (Å²) in [7, 11) is 0. The molecule has 24 heavy (non-hydrogen) atoms. The van der Waals surface area contributed by atoms with Gasteiger partial charge in [0.2, 0.25) is 0 Å². The van der Waals surface area contributed by atoms with Crippen LogP contribution >= 0.6 is 0 Å². The summed E-state index contributed by atoms with van der Waals surface area (Å²) in [6.07, 6.45) is 4.61. The molecule has 0 radical (unpaired) electrons. The van der Waals surface area contributed by atoms with Crippen molar-refractivity contribution in [3.8, 4) is 0 Å². The largest absolute Gasteiger partial charge is 0.285 e. The number of rotatable bonds is 1. The molecule has 1 unspecified atom stereocenters. The molecule has 0 heterocycles. The molecule has 0 saturated heterocycles. The fraction of sp³-hybridized carbons (Fsp3) is 0.348. The van der Waals surface area contributed by atoms with Crippen LogP contribution in [-0.2, 0) is 5.41 Å². The van der Waals surface area contributed by atoms with E-state index in [4.69, 9.17) is 4.99 Å². The average molecular weight is 317 g/mol. The molecule has 1 aliphatic carbocycles. The summed E-state index contributed by atoms with van der Waals surface area (Å²) in [6, 6.07) is 15.5. The minimum absolute atomic E-state index is 0.154. The van der Waals surface area contributed by atoms with Crippen LogP contribution in [0.2, 0.25) is 0 Å². The summed E-state index contributed by atoms with van der Waals surface area (Å²) in [5, 5.41) is 2.54. The van der Waals surface area contributed by atoms with E-state index in [9.17, 15) is 0 Å². The van der Waals surface area contributed by atoms with E-state index in [-0.39, 0.29) is 5.41 Å². The molecule has 0 spiro atoms. The second kappa shape index (κ2) is 6.39. The lowest BCUT2D eigenvalue weighted by molar-refractivity contribution is 0.589. The number of nitrogens with zero attached hydrogens (tertiary/aromatic N) is 1. The molecule has 1 nitrogen and oxygen atoms in total. The summed E-state index contributed by atoms with van der Waals surface area (Å²) >= 11 is 0. The Hall–Kier alpha value is -2.15. The molecule has 0 aromatic heterocycles. The van der Waals surface area contributed by atoms with Gasteiger partial charge in [0.05, 0.1) is 5.71 Å². The van der Waals surface area contributed by atoms with Gasteiger partial charge >= 0.3 is 0 Å². The smallest absolute Gasteiger partial charge is 0.0655 e. The Labute approximate surface area is 145 Å². The summed E-state index contributed by atoms with van der Waals surface area (Å²) in [6.45, 7) is 12.0. The van der Waals surface area contributed by atoms with Crippen molar-refractivity contribution in [2.24, 2.45) is 4.99 Å². The van der Waals surface area contributed by atoms with Gasteiger partial charge in [0.25, 0.3) is 0 Å². The zero-order valence-corrected chi connectivity index (χ0v) is 15.4. The number of fused-ring (bicyclic) bond motifs is 2. The summed E-state index contributed by atoms with van der Waals surface area (Å²) in [5.41, 5.74) is 5.27. The SMILES string of the molecule is CCN=C1/C=c2/cccc/c2=C/C(C)c2cc(C(C)(C)C)ccc21. The third kappa shape index (κ3) is 3.21. The minimum atomic E-state index is 0.154.